The summed E-state index contributed by atoms with van der Waals surface area (Å²) >= 11 is 0. The van der Waals surface area contributed by atoms with E-state index in [-0.39, 0.29) is 12.0 Å². The first-order valence-corrected chi connectivity index (χ1v) is 6.32. The number of nitrogens with zero attached hydrogens (tertiary/aromatic N) is 1. The molecule has 4 nitrogen and oxygen atoms in total. The number of hydrogen-bond acceptors (Lipinski definition) is 3. The Bertz CT molecular complexity index is 281. The van der Waals surface area contributed by atoms with E-state index in [1.165, 1.54) is 0 Å². The molecule has 1 amide bonds. The van der Waals surface area contributed by atoms with Crippen LogP contribution >= 0.6 is 0 Å². The van der Waals surface area contributed by atoms with Crippen molar-refractivity contribution < 1.29 is 14.6 Å². The normalized spacial score (nSPS) is 30.9. The lowest BCUT2D eigenvalue weighted by atomic mass is 9.88. The highest BCUT2D eigenvalue weighted by Crippen LogP contribution is 2.27. The van der Waals surface area contributed by atoms with Crippen LogP contribution in [0.3, 0.4) is 0 Å². The number of amides is 1. The second kappa shape index (κ2) is 4.84. The Labute approximate surface area is 104 Å². The molecule has 0 aliphatic carbocycles. The molecule has 1 aliphatic rings. The van der Waals surface area contributed by atoms with Gasteiger partial charge in [-0.05, 0) is 40.5 Å². The monoisotopic (exact) mass is 243 g/mol. The average molecular weight is 243 g/mol. The summed E-state index contributed by atoms with van der Waals surface area (Å²) in [5, 5.41) is 10.2. The Kier molecular flexibility index (Phi) is 4.07. The Hall–Kier alpha value is -0.770. The van der Waals surface area contributed by atoms with Gasteiger partial charge in [-0.3, -0.25) is 0 Å². The SMILES string of the molecule is C[C@H]1CN(C(=O)OC(C)(C)C)CCC[C@]1(C)O. The number of rotatable bonds is 0. The minimum atomic E-state index is -0.684. The molecule has 1 saturated heterocycles. The quantitative estimate of drug-likeness (QED) is 0.710. The highest BCUT2D eigenvalue weighted by atomic mass is 16.6. The van der Waals surface area contributed by atoms with E-state index in [9.17, 15) is 9.90 Å². The van der Waals surface area contributed by atoms with Crippen LogP contribution in [-0.4, -0.2) is 40.4 Å². The van der Waals surface area contributed by atoms with Crippen molar-refractivity contribution in [3.8, 4) is 0 Å². The van der Waals surface area contributed by atoms with E-state index in [0.29, 0.717) is 13.1 Å². The average Bonchev–Trinajstić information content (AvgIpc) is 2.24. The lowest BCUT2D eigenvalue weighted by molar-refractivity contribution is -0.00677. The standard InChI is InChI=1S/C13H25NO3/c1-10-9-14(8-6-7-13(10,5)16)11(15)17-12(2,3)4/h10,16H,6-9H2,1-5H3/t10-,13-/m0/s1. The molecule has 17 heavy (non-hydrogen) atoms. The van der Waals surface area contributed by atoms with Crippen molar-refractivity contribution in [3.63, 3.8) is 0 Å². The fourth-order valence-electron chi connectivity index (χ4n) is 1.99. The zero-order valence-corrected chi connectivity index (χ0v) is 11.6. The van der Waals surface area contributed by atoms with E-state index in [0.717, 1.165) is 12.8 Å². The summed E-state index contributed by atoms with van der Waals surface area (Å²) in [4.78, 5) is 13.7. The van der Waals surface area contributed by atoms with Crippen molar-refractivity contribution >= 4 is 6.09 Å². The Balaban J connectivity index is 2.64. The van der Waals surface area contributed by atoms with Gasteiger partial charge in [-0.25, -0.2) is 4.79 Å². The molecule has 1 heterocycles. The minimum absolute atomic E-state index is 0.0671. The van der Waals surface area contributed by atoms with Crippen molar-refractivity contribution in [2.75, 3.05) is 13.1 Å². The van der Waals surface area contributed by atoms with Gasteiger partial charge in [-0.15, -0.1) is 0 Å². The van der Waals surface area contributed by atoms with E-state index in [1.807, 2.05) is 34.6 Å². The third-order valence-corrected chi connectivity index (χ3v) is 3.32. The predicted octanol–water partition coefficient (Wildman–Crippen LogP) is 2.40. The summed E-state index contributed by atoms with van der Waals surface area (Å²) in [5.74, 6) is 0.0671. The molecule has 0 aromatic rings. The molecule has 0 bridgehead atoms. The maximum atomic E-state index is 11.9. The number of aliphatic hydroxyl groups is 1. The summed E-state index contributed by atoms with van der Waals surface area (Å²) in [5.41, 5.74) is -1.15. The molecule has 0 aromatic heterocycles. The van der Waals surface area contributed by atoms with Crippen LogP contribution in [0.4, 0.5) is 4.79 Å². The second-order valence-corrected chi connectivity index (χ2v) is 6.29. The fraction of sp³-hybridized carbons (Fsp3) is 0.923. The molecule has 1 fully saturated rings. The van der Waals surface area contributed by atoms with Crippen LogP contribution in [0.5, 0.6) is 0 Å². The molecular weight excluding hydrogens is 218 g/mol. The van der Waals surface area contributed by atoms with Gasteiger partial charge in [0, 0.05) is 19.0 Å². The van der Waals surface area contributed by atoms with Gasteiger partial charge in [0.2, 0.25) is 0 Å². The van der Waals surface area contributed by atoms with Crippen molar-refractivity contribution in [2.24, 2.45) is 5.92 Å². The maximum Gasteiger partial charge on any atom is 0.410 e. The summed E-state index contributed by atoms with van der Waals surface area (Å²) in [6.45, 7) is 10.6. The fourth-order valence-corrected chi connectivity index (χ4v) is 1.99. The summed E-state index contributed by atoms with van der Waals surface area (Å²) in [6.07, 6.45) is 1.27. The zero-order valence-electron chi connectivity index (χ0n) is 11.6. The molecule has 4 heteroatoms. The van der Waals surface area contributed by atoms with E-state index in [4.69, 9.17) is 4.74 Å². The van der Waals surface area contributed by atoms with Gasteiger partial charge in [0.25, 0.3) is 0 Å². The predicted molar refractivity (Wildman–Crippen MR) is 66.8 cm³/mol. The molecule has 100 valence electrons. The minimum Gasteiger partial charge on any atom is -0.444 e. The molecule has 1 N–H and O–H groups in total. The van der Waals surface area contributed by atoms with Gasteiger partial charge in [-0.2, -0.15) is 0 Å². The van der Waals surface area contributed by atoms with E-state index >= 15 is 0 Å². The van der Waals surface area contributed by atoms with Gasteiger partial charge in [0.05, 0.1) is 5.60 Å². The van der Waals surface area contributed by atoms with Gasteiger partial charge < -0.3 is 14.7 Å². The molecule has 1 aliphatic heterocycles. The van der Waals surface area contributed by atoms with Crippen LogP contribution in [0, 0.1) is 5.92 Å². The van der Waals surface area contributed by atoms with Gasteiger partial charge >= 0.3 is 6.09 Å². The molecular formula is C13H25NO3. The van der Waals surface area contributed by atoms with Crippen LogP contribution < -0.4 is 0 Å². The molecule has 0 spiro atoms. The summed E-state index contributed by atoms with van der Waals surface area (Å²) in [7, 11) is 0. The summed E-state index contributed by atoms with van der Waals surface area (Å²) < 4.78 is 5.35. The van der Waals surface area contributed by atoms with Crippen molar-refractivity contribution in [1.29, 1.82) is 0 Å². The Morgan fingerprint density at radius 3 is 2.59 bits per heavy atom. The zero-order chi connectivity index (χ0) is 13.3. The number of ether oxygens (including phenoxy) is 1. The van der Waals surface area contributed by atoms with Crippen molar-refractivity contribution in [2.45, 2.75) is 58.7 Å². The number of carbonyl (C=O) groups is 1. The maximum absolute atomic E-state index is 11.9. The molecule has 0 unspecified atom stereocenters. The second-order valence-electron chi connectivity index (χ2n) is 6.29. The Morgan fingerprint density at radius 2 is 2.06 bits per heavy atom. The summed E-state index contributed by atoms with van der Waals surface area (Å²) in [6, 6.07) is 0. The van der Waals surface area contributed by atoms with E-state index in [1.54, 1.807) is 4.90 Å². The van der Waals surface area contributed by atoms with Crippen molar-refractivity contribution in [1.82, 2.24) is 4.90 Å². The van der Waals surface area contributed by atoms with Gasteiger partial charge in [-0.1, -0.05) is 6.92 Å². The van der Waals surface area contributed by atoms with Crippen LogP contribution in [0.1, 0.15) is 47.5 Å². The molecule has 0 aromatic carbocycles. The van der Waals surface area contributed by atoms with Crippen LogP contribution in [0.15, 0.2) is 0 Å². The first-order valence-electron chi connectivity index (χ1n) is 6.32. The van der Waals surface area contributed by atoms with Crippen LogP contribution in [-0.2, 0) is 4.74 Å². The topological polar surface area (TPSA) is 49.8 Å². The third-order valence-electron chi connectivity index (χ3n) is 3.32. The lowest BCUT2D eigenvalue weighted by Crippen LogP contribution is -2.42. The smallest absolute Gasteiger partial charge is 0.410 e. The first-order chi connectivity index (χ1) is 7.62. The van der Waals surface area contributed by atoms with Gasteiger partial charge in [0.15, 0.2) is 0 Å². The number of likely N-dealkylation sites (tertiary alicyclic amines) is 1. The third kappa shape index (κ3) is 4.19. The largest absolute Gasteiger partial charge is 0.444 e. The van der Waals surface area contributed by atoms with Crippen molar-refractivity contribution in [3.05, 3.63) is 0 Å². The first kappa shape index (κ1) is 14.3. The lowest BCUT2D eigenvalue weighted by Gasteiger charge is -2.31. The molecule has 0 radical (unpaired) electrons. The molecule has 2 atom stereocenters. The van der Waals surface area contributed by atoms with Crippen LogP contribution in [0.25, 0.3) is 0 Å². The highest BCUT2D eigenvalue weighted by Gasteiger charge is 2.34. The van der Waals surface area contributed by atoms with E-state index in [2.05, 4.69) is 0 Å². The molecule has 1 rings (SSSR count). The van der Waals surface area contributed by atoms with Crippen LogP contribution in [0.2, 0.25) is 0 Å². The highest BCUT2D eigenvalue weighted by molar-refractivity contribution is 5.68. The number of carbonyl (C=O) groups excluding carboxylic acids is 1. The molecule has 0 saturated carbocycles. The Morgan fingerprint density at radius 1 is 1.47 bits per heavy atom. The van der Waals surface area contributed by atoms with Gasteiger partial charge in [0.1, 0.15) is 5.60 Å². The number of hydrogen-bond donors (Lipinski definition) is 1. The van der Waals surface area contributed by atoms with E-state index < -0.39 is 11.2 Å².